The largest absolute Gasteiger partial charge is 0.454 e. The monoisotopic (exact) mass is 902 g/mol. The van der Waals surface area contributed by atoms with Gasteiger partial charge < -0.3 is 8.83 Å². The van der Waals surface area contributed by atoms with Crippen molar-refractivity contribution in [1.29, 1.82) is 0 Å². The maximum atomic E-state index is 6.85. The van der Waals surface area contributed by atoms with Gasteiger partial charge in [-0.2, -0.15) is 0 Å². The summed E-state index contributed by atoms with van der Waals surface area (Å²) in [7, 11) is 0. The number of anilines is 6. The van der Waals surface area contributed by atoms with Crippen LogP contribution in [0.15, 0.2) is 203 Å². The fourth-order valence-electron chi connectivity index (χ4n) is 11.3. The predicted molar refractivity (Wildman–Crippen MR) is 293 cm³/mol. The molecule has 0 unspecified atom stereocenters. The summed E-state index contributed by atoms with van der Waals surface area (Å²) in [5.41, 5.74) is 11.7. The molecule has 10 aromatic carbocycles. The van der Waals surface area contributed by atoms with E-state index >= 15 is 0 Å². The fourth-order valence-corrected chi connectivity index (χ4v) is 11.3. The Morgan fingerprint density at radius 2 is 0.743 bits per heavy atom. The topological polar surface area (TPSA) is 58.5 Å². The lowest BCUT2D eigenvalue weighted by atomic mass is 9.84. The summed E-state index contributed by atoms with van der Waals surface area (Å²) in [6, 6.07) is 69.2. The first kappa shape index (κ1) is 40.3. The van der Waals surface area contributed by atoms with E-state index in [4.69, 9.17) is 18.8 Å². The summed E-state index contributed by atoms with van der Waals surface area (Å²) in [4.78, 5) is 15.6. The second-order valence-electron chi connectivity index (χ2n) is 19.2. The van der Waals surface area contributed by atoms with Gasteiger partial charge in [-0.3, -0.25) is 9.80 Å². The van der Waals surface area contributed by atoms with Crippen LogP contribution in [0.4, 0.5) is 34.4 Å². The van der Waals surface area contributed by atoms with Crippen molar-refractivity contribution < 1.29 is 8.83 Å². The maximum absolute atomic E-state index is 6.85. The number of hydrogen-bond donors (Lipinski definition) is 0. The average molecular weight is 903 g/mol. The highest BCUT2D eigenvalue weighted by Gasteiger charge is 2.29. The second-order valence-corrected chi connectivity index (χ2v) is 19.2. The number of fused-ring (bicyclic) bond motifs is 8. The molecule has 14 aromatic rings. The van der Waals surface area contributed by atoms with Crippen LogP contribution < -0.4 is 9.80 Å². The number of rotatable bonds is 8. The standard InChI is InChI=1S/C64H46N4O2/c1-37(2)49-35-55(67(59-33-27-39-15-5-9-21-51(39)65-59)53-23-13-19-45-41-17-7-11-25-57(41)69-63(45)53)47-32-30-44-50(38(3)4)36-56(48-31-29-43(49)61(47)62(44)48)68(60-34-28-40-16-6-10-22-52(40)66-60)54-24-14-20-46-42-18-8-12-26-58(42)70-64(46)54/h5-38H,1-4H3. The molecular formula is C64H46N4O2. The molecule has 0 atom stereocenters. The zero-order valence-electron chi connectivity index (χ0n) is 39.2. The Morgan fingerprint density at radius 3 is 1.20 bits per heavy atom. The Balaban J connectivity index is 1.11. The summed E-state index contributed by atoms with van der Waals surface area (Å²) >= 11 is 0. The molecule has 0 aliphatic carbocycles. The molecule has 0 spiro atoms. The zero-order valence-corrected chi connectivity index (χ0v) is 39.2. The Kier molecular flexibility index (Phi) is 8.87. The average Bonchev–Trinajstić information content (AvgIpc) is 3.98. The molecule has 0 aliphatic heterocycles. The quantitative estimate of drug-likeness (QED) is 0.142. The van der Waals surface area contributed by atoms with Crippen molar-refractivity contribution in [2.75, 3.05) is 9.80 Å². The molecule has 6 nitrogen and oxygen atoms in total. The van der Waals surface area contributed by atoms with Gasteiger partial charge in [-0.05, 0) is 117 Å². The molecule has 0 saturated heterocycles. The van der Waals surface area contributed by atoms with E-state index in [1.165, 1.54) is 32.7 Å². The van der Waals surface area contributed by atoms with Gasteiger partial charge in [-0.25, -0.2) is 9.97 Å². The Morgan fingerprint density at radius 1 is 0.343 bits per heavy atom. The van der Waals surface area contributed by atoms with Crippen LogP contribution in [0.25, 0.3) is 98.0 Å². The summed E-state index contributed by atoms with van der Waals surface area (Å²) in [5.74, 6) is 2.02. The molecule has 0 N–H and O–H groups in total. The zero-order chi connectivity index (χ0) is 46.8. The van der Waals surface area contributed by atoms with Crippen LogP contribution >= 0.6 is 0 Å². The van der Waals surface area contributed by atoms with E-state index in [0.29, 0.717) is 0 Å². The Hall–Kier alpha value is -8.74. The molecule has 6 heteroatoms. The van der Waals surface area contributed by atoms with Crippen LogP contribution in [0.3, 0.4) is 0 Å². The number of hydrogen-bond acceptors (Lipinski definition) is 6. The first-order chi connectivity index (χ1) is 34.4. The fraction of sp³-hybridized carbons (Fsp3) is 0.0938. The first-order valence-electron chi connectivity index (χ1n) is 24.3. The van der Waals surface area contributed by atoms with Crippen molar-refractivity contribution in [2.45, 2.75) is 39.5 Å². The van der Waals surface area contributed by atoms with Crippen LogP contribution in [0.1, 0.15) is 50.7 Å². The number of nitrogens with zero attached hydrogens (tertiary/aromatic N) is 4. The van der Waals surface area contributed by atoms with Crippen molar-refractivity contribution in [3.63, 3.8) is 0 Å². The van der Waals surface area contributed by atoms with Gasteiger partial charge >= 0.3 is 0 Å². The third kappa shape index (κ3) is 5.99. The van der Waals surface area contributed by atoms with Gasteiger partial charge in [0.15, 0.2) is 11.2 Å². The Bertz CT molecular complexity index is 4130. The van der Waals surface area contributed by atoms with Crippen LogP contribution in [-0.2, 0) is 0 Å². The minimum Gasteiger partial charge on any atom is -0.454 e. The second kappa shape index (κ2) is 15.4. The van der Waals surface area contributed by atoms with Crippen molar-refractivity contribution in [1.82, 2.24) is 9.97 Å². The third-order valence-electron chi connectivity index (χ3n) is 14.5. The van der Waals surface area contributed by atoms with Gasteiger partial charge in [0.05, 0.1) is 33.8 Å². The lowest BCUT2D eigenvalue weighted by Crippen LogP contribution is -2.14. The van der Waals surface area contributed by atoms with E-state index in [-0.39, 0.29) is 11.8 Å². The number of aromatic nitrogens is 2. The first-order valence-corrected chi connectivity index (χ1v) is 24.3. The maximum Gasteiger partial charge on any atom is 0.159 e. The lowest BCUT2D eigenvalue weighted by Gasteiger charge is -2.31. The van der Waals surface area contributed by atoms with Gasteiger partial charge in [0, 0.05) is 43.1 Å². The van der Waals surface area contributed by atoms with Gasteiger partial charge in [-0.15, -0.1) is 0 Å². The molecule has 0 aliphatic rings. The SMILES string of the molecule is CC(C)c1cc(N(c2ccc3ccccc3n2)c2cccc3c2oc2ccccc23)c2ccc3c(C(C)C)cc(N(c4ccc5ccccc5n4)c4cccc5c4oc4ccccc45)c4ccc1c2c34. The van der Waals surface area contributed by atoms with Gasteiger partial charge in [0.2, 0.25) is 0 Å². The highest BCUT2D eigenvalue weighted by atomic mass is 16.3. The molecular weight excluding hydrogens is 857 g/mol. The van der Waals surface area contributed by atoms with Crippen molar-refractivity contribution in [3.8, 4) is 0 Å². The number of para-hydroxylation sites is 6. The minimum atomic E-state index is 0.199. The van der Waals surface area contributed by atoms with Crippen LogP contribution in [0, 0.1) is 0 Å². The minimum absolute atomic E-state index is 0.199. The van der Waals surface area contributed by atoms with Gasteiger partial charge in [0.1, 0.15) is 22.8 Å². The van der Waals surface area contributed by atoms with Crippen LogP contribution in [-0.4, -0.2) is 9.97 Å². The highest BCUT2D eigenvalue weighted by molar-refractivity contribution is 6.30. The number of benzene rings is 10. The molecule has 0 saturated carbocycles. The van der Waals surface area contributed by atoms with Crippen LogP contribution in [0.5, 0.6) is 0 Å². The van der Waals surface area contributed by atoms with Crippen molar-refractivity contribution in [2.24, 2.45) is 0 Å². The summed E-state index contributed by atoms with van der Waals surface area (Å²) in [6.07, 6.45) is 0. The van der Waals surface area contributed by atoms with E-state index in [2.05, 4.69) is 219 Å². The smallest absolute Gasteiger partial charge is 0.159 e. The summed E-state index contributed by atoms with van der Waals surface area (Å²) < 4.78 is 13.7. The predicted octanol–water partition coefficient (Wildman–Crippen LogP) is 18.7. The van der Waals surface area contributed by atoms with Crippen molar-refractivity contribution in [3.05, 3.63) is 205 Å². The van der Waals surface area contributed by atoms with E-state index in [1.54, 1.807) is 0 Å². The third-order valence-corrected chi connectivity index (χ3v) is 14.5. The summed E-state index contributed by atoms with van der Waals surface area (Å²) in [6.45, 7) is 9.22. The molecule has 14 rings (SSSR count). The Labute approximate surface area is 404 Å². The van der Waals surface area contributed by atoms with E-state index in [9.17, 15) is 0 Å². The molecule has 0 bridgehead atoms. The van der Waals surface area contributed by atoms with E-state index < -0.39 is 0 Å². The number of pyridine rings is 2. The van der Waals surface area contributed by atoms with Gasteiger partial charge in [0.25, 0.3) is 0 Å². The van der Waals surface area contributed by atoms with Crippen molar-refractivity contribution >= 4 is 132 Å². The molecule has 0 radical (unpaired) electrons. The lowest BCUT2D eigenvalue weighted by molar-refractivity contribution is 0.668. The van der Waals surface area contributed by atoms with E-state index in [1.807, 2.05) is 12.1 Å². The molecule has 4 heterocycles. The summed E-state index contributed by atoms with van der Waals surface area (Å²) in [5, 5.41) is 13.6. The highest BCUT2D eigenvalue weighted by Crippen LogP contribution is 2.53. The van der Waals surface area contributed by atoms with E-state index in [0.717, 1.165) is 111 Å². The molecule has 0 fully saturated rings. The normalized spacial score (nSPS) is 12.3. The molecule has 70 heavy (non-hydrogen) atoms. The molecule has 4 aromatic heterocycles. The molecule has 334 valence electrons. The van der Waals surface area contributed by atoms with Crippen LogP contribution in [0.2, 0.25) is 0 Å². The van der Waals surface area contributed by atoms with Gasteiger partial charge in [-0.1, -0.05) is 149 Å². The number of furan rings is 2. The molecule has 0 amide bonds.